The van der Waals surface area contributed by atoms with Gasteiger partial charge in [-0.15, -0.1) is 0 Å². The first-order chi connectivity index (χ1) is 9.74. The molecule has 7 heteroatoms. The summed E-state index contributed by atoms with van der Waals surface area (Å²) >= 11 is 0. The number of aromatic nitrogens is 4. The molecule has 0 bridgehead atoms. The highest BCUT2D eigenvalue weighted by atomic mass is 16.4. The van der Waals surface area contributed by atoms with E-state index >= 15 is 0 Å². The van der Waals surface area contributed by atoms with Crippen LogP contribution in [0.4, 0.5) is 5.82 Å². The molecule has 3 aromatic rings. The van der Waals surface area contributed by atoms with Crippen LogP contribution in [-0.2, 0) is 6.54 Å². The van der Waals surface area contributed by atoms with Crippen LogP contribution < -0.4 is 5.32 Å². The van der Waals surface area contributed by atoms with Crippen molar-refractivity contribution in [3.63, 3.8) is 0 Å². The number of fused-ring (bicyclic) bond motifs is 1. The summed E-state index contributed by atoms with van der Waals surface area (Å²) in [6.45, 7) is 0.563. The van der Waals surface area contributed by atoms with Crippen LogP contribution in [0.25, 0.3) is 5.65 Å². The molecule has 0 aliphatic rings. The minimum atomic E-state index is -1.04. The van der Waals surface area contributed by atoms with Crippen LogP contribution in [0.15, 0.2) is 43.0 Å². The molecule has 0 radical (unpaired) electrons. The molecule has 0 spiro atoms. The number of pyridine rings is 1. The second kappa shape index (κ2) is 4.96. The molecule has 0 unspecified atom stereocenters. The molecule has 0 atom stereocenters. The molecule has 3 heterocycles. The van der Waals surface area contributed by atoms with E-state index in [0.717, 1.165) is 5.56 Å². The van der Waals surface area contributed by atoms with Crippen molar-refractivity contribution in [2.24, 2.45) is 0 Å². The van der Waals surface area contributed by atoms with Crippen LogP contribution in [0.3, 0.4) is 0 Å². The fourth-order valence-corrected chi connectivity index (χ4v) is 1.81. The van der Waals surface area contributed by atoms with Crippen LogP contribution in [0.2, 0.25) is 0 Å². The molecular weight excluding hydrogens is 258 g/mol. The molecule has 0 aromatic carbocycles. The Hall–Kier alpha value is -2.96. The van der Waals surface area contributed by atoms with Crippen LogP contribution in [0, 0.1) is 0 Å². The molecular formula is C13H11N5O2. The average molecular weight is 269 g/mol. The molecule has 3 aromatic heterocycles. The van der Waals surface area contributed by atoms with Gasteiger partial charge in [-0.3, -0.25) is 4.98 Å². The standard InChI is InChI=1S/C13H11N5O2/c19-13(20)10-8-16-18-5-3-11(17-12(10)18)15-7-9-2-1-4-14-6-9/h1-6,8H,7H2,(H,15,17)(H,19,20). The van der Waals surface area contributed by atoms with Crippen molar-refractivity contribution in [2.75, 3.05) is 5.32 Å². The maximum atomic E-state index is 11.0. The monoisotopic (exact) mass is 269 g/mol. The summed E-state index contributed by atoms with van der Waals surface area (Å²) in [5.41, 5.74) is 1.41. The molecule has 0 aliphatic carbocycles. The van der Waals surface area contributed by atoms with Crippen LogP contribution in [0.1, 0.15) is 15.9 Å². The summed E-state index contributed by atoms with van der Waals surface area (Å²) in [7, 11) is 0. The molecule has 3 rings (SSSR count). The summed E-state index contributed by atoms with van der Waals surface area (Å²) in [5.74, 6) is -0.457. The number of anilines is 1. The Morgan fingerprint density at radius 3 is 3.00 bits per heavy atom. The van der Waals surface area contributed by atoms with Gasteiger partial charge in [0.25, 0.3) is 0 Å². The third-order valence-corrected chi connectivity index (χ3v) is 2.80. The van der Waals surface area contributed by atoms with Crippen molar-refractivity contribution >= 4 is 17.4 Å². The summed E-state index contributed by atoms with van der Waals surface area (Å²) in [5, 5.41) is 16.1. The molecule has 0 amide bonds. The molecule has 2 N–H and O–H groups in total. The van der Waals surface area contributed by atoms with E-state index in [0.29, 0.717) is 18.0 Å². The first-order valence-corrected chi connectivity index (χ1v) is 5.94. The zero-order valence-corrected chi connectivity index (χ0v) is 10.4. The molecule has 20 heavy (non-hydrogen) atoms. The van der Waals surface area contributed by atoms with Gasteiger partial charge in [0, 0.05) is 25.1 Å². The molecule has 0 aliphatic heterocycles. The number of hydrogen-bond donors (Lipinski definition) is 2. The predicted molar refractivity (Wildman–Crippen MR) is 71.5 cm³/mol. The predicted octanol–water partition coefficient (Wildman–Crippen LogP) is 1.43. The lowest BCUT2D eigenvalue weighted by Gasteiger charge is -2.05. The van der Waals surface area contributed by atoms with E-state index in [1.165, 1.54) is 10.7 Å². The largest absolute Gasteiger partial charge is 0.477 e. The van der Waals surface area contributed by atoms with Gasteiger partial charge in [-0.05, 0) is 17.7 Å². The van der Waals surface area contributed by atoms with Crippen molar-refractivity contribution in [3.8, 4) is 0 Å². The number of nitrogens with one attached hydrogen (secondary N) is 1. The molecule has 0 saturated heterocycles. The van der Waals surface area contributed by atoms with Crippen LogP contribution in [-0.4, -0.2) is 30.7 Å². The summed E-state index contributed by atoms with van der Waals surface area (Å²) in [4.78, 5) is 19.3. The minimum absolute atomic E-state index is 0.0787. The van der Waals surface area contributed by atoms with E-state index < -0.39 is 5.97 Å². The maximum absolute atomic E-state index is 11.0. The Kier molecular flexibility index (Phi) is 3.00. The van der Waals surface area contributed by atoms with E-state index in [1.54, 1.807) is 24.7 Å². The lowest BCUT2D eigenvalue weighted by atomic mass is 10.3. The number of carboxylic acids is 1. The highest BCUT2D eigenvalue weighted by Crippen LogP contribution is 2.12. The van der Waals surface area contributed by atoms with Gasteiger partial charge < -0.3 is 10.4 Å². The Balaban J connectivity index is 1.85. The van der Waals surface area contributed by atoms with Crippen LogP contribution in [0.5, 0.6) is 0 Å². The maximum Gasteiger partial charge on any atom is 0.341 e. The number of hydrogen-bond acceptors (Lipinski definition) is 5. The van der Waals surface area contributed by atoms with E-state index in [4.69, 9.17) is 5.11 Å². The van der Waals surface area contributed by atoms with Gasteiger partial charge in [-0.25, -0.2) is 14.3 Å². The lowest BCUT2D eigenvalue weighted by molar-refractivity contribution is 0.0699. The Morgan fingerprint density at radius 2 is 2.25 bits per heavy atom. The fourth-order valence-electron chi connectivity index (χ4n) is 1.81. The third kappa shape index (κ3) is 2.28. The first kappa shape index (κ1) is 12.1. The summed E-state index contributed by atoms with van der Waals surface area (Å²) in [6.07, 6.45) is 6.42. The van der Waals surface area contributed by atoms with Gasteiger partial charge in [0.2, 0.25) is 0 Å². The van der Waals surface area contributed by atoms with Crippen molar-refractivity contribution in [2.45, 2.75) is 6.54 Å². The van der Waals surface area contributed by atoms with E-state index in [9.17, 15) is 4.79 Å². The Labute approximate surface area is 113 Å². The van der Waals surface area contributed by atoms with Gasteiger partial charge in [-0.2, -0.15) is 5.10 Å². The number of rotatable bonds is 4. The molecule has 0 saturated carbocycles. The molecule has 7 nitrogen and oxygen atoms in total. The zero-order valence-electron chi connectivity index (χ0n) is 10.4. The minimum Gasteiger partial charge on any atom is -0.477 e. The highest BCUT2D eigenvalue weighted by molar-refractivity contribution is 5.94. The van der Waals surface area contributed by atoms with Gasteiger partial charge in [0.05, 0.1) is 6.20 Å². The third-order valence-electron chi connectivity index (χ3n) is 2.80. The van der Waals surface area contributed by atoms with Gasteiger partial charge in [0.15, 0.2) is 5.65 Å². The second-order valence-corrected chi connectivity index (χ2v) is 4.16. The van der Waals surface area contributed by atoms with Gasteiger partial charge in [-0.1, -0.05) is 6.07 Å². The normalized spacial score (nSPS) is 10.6. The van der Waals surface area contributed by atoms with Crippen molar-refractivity contribution in [1.29, 1.82) is 0 Å². The average Bonchev–Trinajstić information content (AvgIpc) is 2.89. The number of carbonyl (C=O) groups is 1. The quantitative estimate of drug-likeness (QED) is 0.744. The molecule has 0 fully saturated rings. The molecule has 100 valence electrons. The van der Waals surface area contributed by atoms with Crippen LogP contribution >= 0.6 is 0 Å². The summed E-state index contributed by atoms with van der Waals surface area (Å²) in [6, 6.07) is 5.54. The Morgan fingerprint density at radius 1 is 1.35 bits per heavy atom. The first-order valence-electron chi connectivity index (χ1n) is 5.94. The van der Waals surface area contributed by atoms with Crippen molar-refractivity contribution in [3.05, 3.63) is 54.1 Å². The topological polar surface area (TPSA) is 92.4 Å². The van der Waals surface area contributed by atoms with Gasteiger partial charge in [0.1, 0.15) is 11.4 Å². The number of nitrogens with zero attached hydrogens (tertiary/aromatic N) is 4. The number of carboxylic acid groups (broad SMARTS) is 1. The van der Waals surface area contributed by atoms with E-state index in [1.807, 2.05) is 12.1 Å². The van der Waals surface area contributed by atoms with Gasteiger partial charge >= 0.3 is 5.97 Å². The number of aromatic carboxylic acids is 1. The SMILES string of the molecule is O=C(O)c1cnn2ccc(NCc3cccnc3)nc12. The van der Waals surface area contributed by atoms with Crippen molar-refractivity contribution < 1.29 is 9.90 Å². The lowest BCUT2D eigenvalue weighted by Crippen LogP contribution is -2.04. The fraction of sp³-hybridized carbons (Fsp3) is 0.0769. The highest BCUT2D eigenvalue weighted by Gasteiger charge is 2.12. The zero-order chi connectivity index (χ0) is 13.9. The summed E-state index contributed by atoms with van der Waals surface area (Å²) < 4.78 is 1.43. The smallest absolute Gasteiger partial charge is 0.341 e. The van der Waals surface area contributed by atoms with E-state index in [-0.39, 0.29) is 5.56 Å². The van der Waals surface area contributed by atoms with E-state index in [2.05, 4.69) is 20.4 Å². The van der Waals surface area contributed by atoms with Crippen molar-refractivity contribution in [1.82, 2.24) is 19.6 Å². The Bertz CT molecular complexity index is 754. The second-order valence-electron chi connectivity index (χ2n) is 4.16.